The van der Waals surface area contributed by atoms with Crippen molar-refractivity contribution in [3.63, 3.8) is 0 Å². The van der Waals surface area contributed by atoms with E-state index in [0.717, 1.165) is 27.2 Å². The molecule has 3 rings (SSSR count). The summed E-state index contributed by atoms with van der Waals surface area (Å²) in [5.74, 6) is 0. The van der Waals surface area contributed by atoms with Crippen LogP contribution in [0.5, 0.6) is 0 Å². The minimum absolute atomic E-state index is 0. The fourth-order valence-corrected chi connectivity index (χ4v) is 4.86. The quantitative estimate of drug-likeness (QED) is 0.229. The minimum atomic E-state index is -5.65. The van der Waals surface area contributed by atoms with Crippen molar-refractivity contribution in [2.75, 3.05) is 0 Å². The molecular formula is C21H19Br2F2Na2O3PS. The zero-order valence-electron chi connectivity index (χ0n) is 19.6. The van der Waals surface area contributed by atoms with Crippen molar-refractivity contribution >= 4 is 52.1 Å². The van der Waals surface area contributed by atoms with Crippen LogP contribution < -0.4 is 59.1 Å². The molecule has 162 valence electrons. The minimum Gasteiger partial charge on any atom is -1.00 e. The van der Waals surface area contributed by atoms with Crippen LogP contribution in [0.2, 0.25) is 0 Å². The molecule has 0 aliphatic rings. The Morgan fingerprint density at radius 1 is 0.875 bits per heavy atom. The number of rotatable bonds is 5. The summed E-state index contributed by atoms with van der Waals surface area (Å²) in [5, 5.41) is 0. The van der Waals surface area contributed by atoms with Gasteiger partial charge in [0.1, 0.15) is 0 Å². The van der Waals surface area contributed by atoms with Crippen LogP contribution in [0.1, 0.15) is 26.5 Å². The predicted octanol–water partition coefficient (Wildman–Crippen LogP) is 1.53. The molecule has 0 aliphatic carbocycles. The van der Waals surface area contributed by atoms with Gasteiger partial charge in [-0.05, 0) is 47.4 Å². The second kappa shape index (κ2) is 11.8. The zero-order valence-corrected chi connectivity index (χ0v) is 26.5. The summed E-state index contributed by atoms with van der Waals surface area (Å²) in [4.78, 5) is 18.0. The first kappa shape index (κ1) is 31.0. The van der Waals surface area contributed by atoms with E-state index in [1.807, 2.05) is 55.5 Å². The predicted molar refractivity (Wildman–Crippen MR) is 127 cm³/mol. The third-order valence-electron chi connectivity index (χ3n) is 4.85. The molecule has 0 bridgehead atoms. The Morgan fingerprint density at radius 2 is 1.31 bits per heavy atom. The number of hydrogen-bond acceptors (Lipinski definition) is 2. The van der Waals surface area contributed by atoms with Crippen molar-refractivity contribution in [2.45, 2.75) is 17.3 Å². The molecule has 11 heteroatoms. The number of hydrogen-bond donors (Lipinski definition) is 3. The summed E-state index contributed by atoms with van der Waals surface area (Å²) < 4.78 is 39.4. The van der Waals surface area contributed by atoms with E-state index in [2.05, 4.69) is 31.9 Å². The van der Waals surface area contributed by atoms with Gasteiger partial charge in [0.2, 0.25) is 0 Å². The fraction of sp³-hybridized carbons (Fsp3) is 0.143. The van der Waals surface area contributed by atoms with Crippen molar-refractivity contribution in [2.24, 2.45) is 0 Å². The van der Waals surface area contributed by atoms with Gasteiger partial charge in [0, 0.05) is 14.5 Å². The van der Waals surface area contributed by atoms with Gasteiger partial charge in [-0.15, -0.1) is 0 Å². The molecule has 0 fully saturated rings. The van der Waals surface area contributed by atoms with Gasteiger partial charge in [-0.3, -0.25) is 4.57 Å². The van der Waals surface area contributed by atoms with Crippen LogP contribution in [0.3, 0.4) is 0 Å². The van der Waals surface area contributed by atoms with E-state index in [0.29, 0.717) is 5.56 Å². The molecule has 2 N–H and O–H groups in total. The molecule has 0 saturated heterocycles. The molecule has 0 amide bonds. The molecular weight excluding hydrogens is 607 g/mol. The van der Waals surface area contributed by atoms with Crippen LogP contribution in [-0.2, 0) is 15.0 Å². The van der Waals surface area contributed by atoms with Gasteiger partial charge in [0.05, 0.1) is 4.75 Å². The normalized spacial score (nSPS) is 13.5. The molecule has 0 aromatic heterocycles. The van der Waals surface area contributed by atoms with Gasteiger partial charge < -0.3 is 12.6 Å². The van der Waals surface area contributed by atoms with Crippen LogP contribution >= 0.6 is 52.1 Å². The summed E-state index contributed by atoms with van der Waals surface area (Å²) in [6.45, 7) is 1.83. The summed E-state index contributed by atoms with van der Waals surface area (Å²) in [6.07, 6.45) is 0. The molecule has 3 nitrogen and oxygen atoms in total. The third-order valence-corrected chi connectivity index (χ3v) is 7.52. The first-order chi connectivity index (χ1) is 13.8. The van der Waals surface area contributed by atoms with Crippen molar-refractivity contribution in [1.82, 2.24) is 0 Å². The summed E-state index contributed by atoms with van der Waals surface area (Å²) in [7, 11) is -5.65. The maximum absolute atomic E-state index is 14.1. The van der Waals surface area contributed by atoms with E-state index >= 15 is 0 Å². The van der Waals surface area contributed by atoms with Crippen molar-refractivity contribution in [3.8, 4) is 11.1 Å². The van der Waals surface area contributed by atoms with Crippen LogP contribution in [0.25, 0.3) is 11.1 Å². The first-order valence-electron chi connectivity index (χ1n) is 8.67. The van der Waals surface area contributed by atoms with Crippen LogP contribution in [0, 0.1) is 0 Å². The average Bonchev–Trinajstić information content (AvgIpc) is 2.67. The van der Waals surface area contributed by atoms with Crippen LogP contribution in [0.4, 0.5) is 8.78 Å². The molecule has 0 aliphatic heterocycles. The number of halogens is 4. The van der Waals surface area contributed by atoms with E-state index in [1.54, 1.807) is 0 Å². The average molecular weight is 626 g/mol. The number of benzene rings is 3. The summed E-state index contributed by atoms with van der Waals surface area (Å²) in [5.41, 5.74) is -1.55. The van der Waals surface area contributed by atoms with Gasteiger partial charge >= 0.3 is 72.4 Å². The molecule has 0 saturated carbocycles. The Balaban J connectivity index is 0. The van der Waals surface area contributed by atoms with Crippen molar-refractivity contribution in [3.05, 3.63) is 92.4 Å². The van der Waals surface area contributed by atoms with Crippen molar-refractivity contribution < 1.29 is 85.1 Å². The Hall–Kier alpha value is 0.980. The maximum Gasteiger partial charge on any atom is 1.00 e. The zero-order chi connectivity index (χ0) is 22.3. The van der Waals surface area contributed by atoms with E-state index in [-0.39, 0.29) is 66.4 Å². The second-order valence-corrected chi connectivity index (χ2v) is 11.3. The van der Waals surface area contributed by atoms with E-state index in [9.17, 15) is 13.3 Å². The molecule has 3 aromatic carbocycles. The molecule has 0 spiro atoms. The second-order valence-electron chi connectivity index (χ2n) is 6.94. The molecule has 0 heterocycles. The van der Waals surface area contributed by atoms with E-state index in [1.165, 1.54) is 12.1 Å². The fourth-order valence-electron chi connectivity index (χ4n) is 3.01. The molecule has 3 aromatic rings. The molecule has 32 heavy (non-hydrogen) atoms. The number of thiol groups is 1. The molecule has 1 atom stereocenters. The van der Waals surface area contributed by atoms with E-state index < -0.39 is 23.6 Å². The smallest absolute Gasteiger partial charge is 1.00 e. The Kier molecular flexibility index (Phi) is 11.4. The van der Waals surface area contributed by atoms with Crippen molar-refractivity contribution in [1.29, 1.82) is 0 Å². The third kappa shape index (κ3) is 6.59. The molecule has 1 unspecified atom stereocenters. The Labute approximate surface area is 255 Å². The van der Waals surface area contributed by atoms with Gasteiger partial charge in [0.25, 0.3) is 0 Å². The Morgan fingerprint density at radius 3 is 1.75 bits per heavy atom. The van der Waals surface area contributed by atoms with Gasteiger partial charge in [-0.1, -0.05) is 80.4 Å². The largest absolute Gasteiger partial charge is 1.00 e. The topological polar surface area (TPSA) is 57.5 Å². The van der Waals surface area contributed by atoms with Crippen LogP contribution in [-0.4, -0.2) is 9.79 Å². The van der Waals surface area contributed by atoms with E-state index in [4.69, 9.17) is 22.4 Å². The van der Waals surface area contributed by atoms with Gasteiger partial charge in [-0.25, -0.2) is 0 Å². The number of alkyl halides is 2. The van der Waals surface area contributed by atoms with Crippen LogP contribution in [0.15, 0.2) is 75.7 Å². The Bertz CT molecular complexity index is 1140. The molecule has 0 radical (unpaired) electrons. The first-order valence-corrected chi connectivity index (χ1v) is 12.3. The summed E-state index contributed by atoms with van der Waals surface area (Å²) in [6, 6.07) is 19.5. The van der Waals surface area contributed by atoms with Gasteiger partial charge in [0.15, 0.2) is 0 Å². The monoisotopic (exact) mass is 624 g/mol. The standard InChI is InChI=1S/C21H17Br2F2O3PS.2Na.2H/c1-20(30,15-6-2-13(3-7-15)14-4-9-17(22)10-5-14)16-8-11-18(19(23)12-16)21(24,25)29(26,27)28;;;;/h2-12,30H,1H3,(H2,26,27,28);;;;/q;2*+1;2*-1. The van der Waals surface area contributed by atoms with Gasteiger partial charge in [-0.2, -0.15) is 21.4 Å². The SMILES string of the molecule is CC(S)(c1ccc(-c2ccc(Br)cc2)cc1)c1ccc(C(F)(F)P(=O)(O)O)c(Br)c1.[H-].[H-].[Na+].[Na+]. The summed E-state index contributed by atoms with van der Waals surface area (Å²) >= 11 is 11.2. The maximum atomic E-state index is 14.1.